The highest BCUT2D eigenvalue weighted by Crippen LogP contribution is 2.20. The Morgan fingerprint density at radius 2 is 1.69 bits per heavy atom. The van der Waals surface area contributed by atoms with E-state index in [0.717, 1.165) is 12.1 Å². The molecule has 0 spiro atoms. The van der Waals surface area contributed by atoms with E-state index in [4.69, 9.17) is 4.74 Å². The molecule has 3 rings (SSSR count). The van der Waals surface area contributed by atoms with Crippen molar-refractivity contribution in [2.75, 3.05) is 6.61 Å². The normalized spacial score (nSPS) is 11.9. The largest absolute Gasteiger partial charge is 0.454 e. The summed E-state index contributed by atoms with van der Waals surface area (Å²) >= 11 is 0. The fourth-order valence-corrected chi connectivity index (χ4v) is 3.28. The van der Waals surface area contributed by atoms with Crippen LogP contribution in [0.4, 0.5) is 0 Å². The van der Waals surface area contributed by atoms with Gasteiger partial charge in [-0.3, -0.25) is 4.79 Å². The summed E-state index contributed by atoms with van der Waals surface area (Å²) in [6, 6.07) is 17.1. The first-order chi connectivity index (χ1) is 13.9. The number of hydrogen-bond acceptors (Lipinski definition) is 4. The van der Waals surface area contributed by atoms with Crippen LogP contribution < -0.4 is 0 Å². The molecule has 0 saturated heterocycles. The number of nitrogens with zero attached hydrogens (tertiary/aromatic N) is 2. The number of aromatic nitrogens is 2. The number of aryl methyl sites for hydroxylation is 1. The zero-order chi connectivity index (χ0) is 21.0. The predicted molar refractivity (Wildman–Crippen MR) is 113 cm³/mol. The molecule has 0 aliphatic rings. The van der Waals surface area contributed by atoms with Gasteiger partial charge in [0.25, 0.3) is 0 Å². The topological polar surface area (TPSA) is 61.2 Å². The molecule has 0 aliphatic heterocycles. The molecule has 150 valence electrons. The molecule has 1 aromatic heterocycles. The predicted octanol–water partition coefficient (Wildman–Crippen LogP) is 5.04. The van der Waals surface area contributed by atoms with Crippen LogP contribution in [0, 0.1) is 13.8 Å². The zero-order valence-electron chi connectivity index (χ0n) is 17.3. The second-order valence-electron chi connectivity index (χ2n) is 7.22. The number of carbonyl (C=O) groups excluding carboxylic acids is 2. The average Bonchev–Trinajstić information content (AvgIpc) is 3.06. The van der Waals surface area contributed by atoms with Crippen molar-refractivity contribution in [3.05, 3.63) is 82.7 Å². The van der Waals surface area contributed by atoms with E-state index in [1.807, 2.05) is 49.4 Å². The molecule has 1 atom stereocenters. The SMILES string of the molecule is CC[C@@H](C)c1ccc(C(=O)COC(=O)c2c(C)nn(-c3ccccc3)c2C)cc1. The van der Waals surface area contributed by atoms with Gasteiger partial charge in [-0.05, 0) is 43.9 Å². The number of benzene rings is 2. The highest BCUT2D eigenvalue weighted by Gasteiger charge is 2.22. The first-order valence-corrected chi connectivity index (χ1v) is 9.84. The molecule has 1 heterocycles. The monoisotopic (exact) mass is 390 g/mol. The summed E-state index contributed by atoms with van der Waals surface area (Å²) in [6.07, 6.45) is 1.04. The smallest absolute Gasteiger partial charge is 0.342 e. The second-order valence-corrected chi connectivity index (χ2v) is 7.22. The van der Waals surface area contributed by atoms with Crippen molar-refractivity contribution in [1.82, 2.24) is 9.78 Å². The molecule has 5 heteroatoms. The van der Waals surface area contributed by atoms with Gasteiger partial charge in [0.15, 0.2) is 12.4 Å². The molecule has 0 bridgehead atoms. The van der Waals surface area contributed by atoms with Crippen LogP contribution >= 0.6 is 0 Å². The Bertz CT molecular complexity index is 1000. The minimum absolute atomic E-state index is 0.222. The Morgan fingerprint density at radius 3 is 2.31 bits per heavy atom. The van der Waals surface area contributed by atoms with Gasteiger partial charge in [0, 0.05) is 5.56 Å². The molecule has 0 N–H and O–H groups in total. The van der Waals surface area contributed by atoms with Gasteiger partial charge in [-0.2, -0.15) is 5.10 Å². The molecule has 29 heavy (non-hydrogen) atoms. The van der Waals surface area contributed by atoms with E-state index in [1.165, 1.54) is 5.56 Å². The third kappa shape index (κ3) is 4.45. The number of rotatable bonds is 7. The van der Waals surface area contributed by atoms with Gasteiger partial charge in [0.1, 0.15) is 5.56 Å². The summed E-state index contributed by atoms with van der Waals surface area (Å²) in [5.41, 5.74) is 4.25. The highest BCUT2D eigenvalue weighted by atomic mass is 16.5. The number of esters is 1. The quantitative estimate of drug-likeness (QED) is 0.419. The first-order valence-electron chi connectivity index (χ1n) is 9.84. The number of Topliss-reactive ketones (excluding diaryl/α,β-unsaturated/α-hetero) is 1. The molecule has 0 aliphatic carbocycles. The van der Waals surface area contributed by atoms with E-state index in [2.05, 4.69) is 18.9 Å². The fraction of sp³-hybridized carbons (Fsp3) is 0.292. The molecule has 3 aromatic rings. The molecule has 0 fully saturated rings. The minimum atomic E-state index is -0.535. The van der Waals surface area contributed by atoms with Gasteiger partial charge >= 0.3 is 5.97 Å². The van der Waals surface area contributed by atoms with Gasteiger partial charge in [-0.1, -0.05) is 56.3 Å². The second kappa shape index (κ2) is 8.86. The summed E-state index contributed by atoms with van der Waals surface area (Å²) in [5.74, 6) is -0.310. The van der Waals surface area contributed by atoms with Crippen LogP contribution in [-0.2, 0) is 4.74 Å². The fourth-order valence-electron chi connectivity index (χ4n) is 3.28. The number of hydrogen-bond donors (Lipinski definition) is 0. The Balaban J connectivity index is 1.69. The van der Waals surface area contributed by atoms with E-state index >= 15 is 0 Å². The lowest BCUT2D eigenvalue weighted by Gasteiger charge is -2.10. The van der Waals surface area contributed by atoms with Crippen LogP contribution in [0.2, 0.25) is 0 Å². The van der Waals surface area contributed by atoms with Crippen LogP contribution in [0.25, 0.3) is 5.69 Å². The molecular weight excluding hydrogens is 364 g/mol. The van der Waals surface area contributed by atoms with Gasteiger partial charge in [0.05, 0.1) is 17.1 Å². The Labute approximate surface area is 171 Å². The summed E-state index contributed by atoms with van der Waals surface area (Å²) in [6.45, 7) is 7.57. The van der Waals surface area contributed by atoms with Crippen molar-refractivity contribution < 1.29 is 14.3 Å². The standard InChI is InChI=1S/C24H26N2O3/c1-5-16(2)19-11-13-20(14-12-19)22(27)15-29-24(28)23-17(3)25-26(18(23)4)21-9-7-6-8-10-21/h6-14,16H,5,15H2,1-4H3/t16-/m1/s1. The van der Waals surface area contributed by atoms with Crippen LogP contribution in [0.1, 0.15) is 63.9 Å². The molecule has 0 unspecified atom stereocenters. The summed E-state index contributed by atoms with van der Waals surface area (Å²) in [7, 11) is 0. The van der Waals surface area contributed by atoms with Crippen LogP contribution in [0.5, 0.6) is 0 Å². The molecular formula is C24H26N2O3. The van der Waals surface area contributed by atoms with Gasteiger partial charge in [0.2, 0.25) is 0 Å². The average molecular weight is 390 g/mol. The Kier molecular flexibility index (Phi) is 6.27. The third-order valence-electron chi connectivity index (χ3n) is 5.24. The molecule has 2 aromatic carbocycles. The molecule has 0 saturated carbocycles. The van der Waals surface area contributed by atoms with Gasteiger partial charge < -0.3 is 4.74 Å². The van der Waals surface area contributed by atoms with Crippen molar-refractivity contribution in [1.29, 1.82) is 0 Å². The molecule has 0 radical (unpaired) electrons. The minimum Gasteiger partial charge on any atom is -0.454 e. The van der Waals surface area contributed by atoms with Crippen LogP contribution in [0.3, 0.4) is 0 Å². The van der Waals surface area contributed by atoms with E-state index in [1.54, 1.807) is 23.7 Å². The summed E-state index contributed by atoms with van der Waals surface area (Å²) in [4.78, 5) is 25.1. The van der Waals surface area contributed by atoms with E-state index in [-0.39, 0.29) is 12.4 Å². The number of ether oxygens (including phenoxy) is 1. The van der Waals surface area contributed by atoms with Crippen LogP contribution in [0.15, 0.2) is 54.6 Å². The number of carbonyl (C=O) groups is 2. The maximum atomic E-state index is 12.6. The van der Waals surface area contributed by atoms with Crippen LogP contribution in [-0.4, -0.2) is 28.1 Å². The Hall–Kier alpha value is -3.21. The van der Waals surface area contributed by atoms with Crippen molar-refractivity contribution in [2.45, 2.75) is 40.0 Å². The lowest BCUT2D eigenvalue weighted by molar-refractivity contribution is 0.0473. The van der Waals surface area contributed by atoms with Gasteiger partial charge in [-0.15, -0.1) is 0 Å². The zero-order valence-corrected chi connectivity index (χ0v) is 17.3. The van der Waals surface area contributed by atoms with E-state index in [9.17, 15) is 9.59 Å². The van der Waals surface area contributed by atoms with E-state index < -0.39 is 5.97 Å². The van der Waals surface area contributed by atoms with Crippen molar-refractivity contribution in [3.8, 4) is 5.69 Å². The van der Waals surface area contributed by atoms with Crippen molar-refractivity contribution >= 4 is 11.8 Å². The molecule has 5 nitrogen and oxygen atoms in total. The maximum Gasteiger partial charge on any atom is 0.342 e. The Morgan fingerprint density at radius 1 is 1.03 bits per heavy atom. The summed E-state index contributed by atoms with van der Waals surface area (Å²) < 4.78 is 7.02. The van der Waals surface area contributed by atoms with Gasteiger partial charge in [-0.25, -0.2) is 9.48 Å². The number of para-hydroxylation sites is 1. The van der Waals surface area contributed by atoms with Crippen molar-refractivity contribution in [3.63, 3.8) is 0 Å². The third-order valence-corrected chi connectivity index (χ3v) is 5.24. The highest BCUT2D eigenvalue weighted by molar-refractivity contribution is 5.99. The molecule has 0 amide bonds. The number of ketones is 1. The van der Waals surface area contributed by atoms with E-state index in [0.29, 0.717) is 28.4 Å². The lowest BCUT2D eigenvalue weighted by Crippen LogP contribution is -2.15. The lowest BCUT2D eigenvalue weighted by atomic mass is 9.97. The first kappa shape index (κ1) is 20.5. The van der Waals surface area contributed by atoms with Crippen molar-refractivity contribution in [2.24, 2.45) is 0 Å². The maximum absolute atomic E-state index is 12.6. The summed E-state index contributed by atoms with van der Waals surface area (Å²) in [5, 5.41) is 4.45.